The molecule has 1 aliphatic heterocycles. The van der Waals surface area contributed by atoms with Gasteiger partial charge in [0.1, 0.15) is 0 Å². The molecule has 2 rings (SSSR count). The molecule has 1 saturated carbocycles. The van der Waals surface area contributed by atoms with Crippen LogP contribution in [0.1, 0.15) is 44.9 Å². The minimum atomic E-state index is 1.16. The van der Waals surface area contributed by atoms with Crippen molar-refractivity contribution < 1.29 is 0 Å². The van der Waals surface area contributed by atoms with E-state index in [1.165, 1.54) is 39.9 Å². The van der Waals surface area contributed by atoms with Crippen LogP contribution in [0.2, 0.25) is 0 Å². The summed E-state index contributed by atoms with van der Waals surface area (Å²) in [6, 6.07) is 0. The monoisotopic (exact) mass is 170 g/mol. The molecule has 0 radical (unpaired) electrons. The highest BCUT2D eigenvalue weighted by Crippen LogP contribution is 2.43. The zero-order valence-corrected chi connectivity index (χ0v) is 8.31. The minimum Gasteiger partial charge on any atom is -0.119 e. The lowest BCUT2D eigenvalue weighted by atomic mass is 9.89. The zero-order chi connectivity index (χ0) is 7.52. The van der Waals surface area contributed by atoms with Gasteiger partial charge in [0.2, 0.25) is 0 Å². The highest BCUT2D eigenvalue weighted by molar-refractivity contribution is 7.39. The van der Waals surface area contributed by atoms with Crippen molar-refractivity contribution in [3.8, 4) is 0 Å². The molecular weight excluding hydrogens is 151 g/mol. The summed E-state index contributed by atoms with van der Waals surface area (Å²) in [6.07, 6.45) is 12.4. The molecule has 0 amide bonds. The topological polar surface area (TPSA) is 0 Å². The Balaban J connectivity index is 1.89. The van der Waals surface area contributed by atoms with E-state index in [-0.39, 0.29) is 0 Å². The first kappa shape index (κ1) is 8.05. The molecule has 1 heterocycles. The third kappa shape index (κ3) is 1.96. The minimum absolute atomic E-state index is 1.16. The van der Waals surface area contributed by atoms with Gasteiger partial charge >= 0.3 is 0 Å². The van der Waals surface area contributed by atoms with E-state index in [0.717, 1.165) is 5.92 Å². The molecule has 3 unspecified atom stereocenters. The van der Waals surface area contributed by atoms with Crippen LogP contribution in [0.4, 0.5) is 0 Å². The van der Waals surface area contributed by atoms with E-state index >= 15 is 0 Å². The fraction of sp³-hybridized carbons (Fsp3) is 1.00. The Morgan fingerprint density at radius 3 is 2.55 bits per heavy atom. The Bertz CT molecular complexity index is 108. The molecular formula is C10H19P. The summed E-state index contributed by atoms with van der Waals surface area (Å²) in [5.41, 5.74) is 1.18. The van der Waals surface area contributed by atoms with Gasteiger partial charge in [-0.05, 0) is 37.0 Å². The van der Waals surface area contributed by atoms with Crippen LogP contribution in [0.5, 0.6) is 0 Å². The van der Waals surface area contributed by atoms with Gasteiger partial charge in [-0.3, -0.25) is 0 Å². The van der Waals surface area contributed by atoms with Crippen molar-refractivity contribution >= 4 is 8.58 Å². The van der Waals surface area contributed by atoms with Crippen molar-refractivity contribution in [2.45, 2.75) is 50.6 Å². The van der Waals surface area contributed by atoms with E-state index in [4.69, 9.17) is 0 Å². The fourth-order valence-electron chi connectivity index (χ4n) is 2.63. The highest BCUT2D eigenvalue weighted by atomic mass is 31.1. The Kier molecular flexibility index (Phi) is 2.85. The van der Waals surface area contributed by atoms with Gasteiger partial charge in [-0.25, -0.2) is 0 Å². The van der Waals surface area contributed by atoms with Crippen molar-refractivity contribution in [2.75, 3.05) is 6.16 Å². The van der Waals surface area contributed by atoms with Crippen molar-refractivity contribution in [3.63, 3.8) is 0 Å². The quantitative estimate of drug-likeness (QED) is 0.489. The molecule has 2 aliphatic rings. The van der Waals surface area contributed by atoms with Crippen molar-refractivity contribution in [3.05, 3.63) is 0 Å². The van der Waals surface area contributed by atoms with E-state index in [9.17, 15) is 0 Å². The van der Waals surface area contributed by atoms with E-state index in [1.54, 1.807) is 25.4 Å². The maximum atomic E-state index is 1.57. The Morgan fingerprint density at radius 2 is 1.64 bits per heavy atom. The smallest absolute Gasteiger partial charge is 0.0208 e. The first-order valence-corrected chi connectivity index (χ1v) is 6.48. The average molecular weight is 170 g/mol. The van der Waals surface area contributed by atoms with E-state index in [2.05, 4.69) is 0 Å². The summed E-state index contributed by atoms with van der Waals surface area (Å²) >= 11 is 0. The van der Waals surface area contributed by atoms with Gasteiger partial charge in [-0.15, -0.1) is 8.58 Å². The van der Waals surface area contributed by atoms with Crippen LogP contribution in [0.25, 0.3) is 0 Å². The molecule has 0 nitrogen and oxygen atoms in total. The third-order valence-corrected chi connectivity index (χ3v) is 5.19. The second-order valence-corrected chi connectivity index (χ2v) is 5.75. The predicted molar refractivity (Wildman–Crippen MR) is 52.8 cm³/mol. The molecule has 2 fully saturated rings. The summed E-state index contributed by atoms with van der Waals surface area (Å²) in [7, 11) is 1.33. The number of hydrogen-bond donors (Lipinski definition) is 0. The summed E-state index contributed by atoms with van der Waals surface area (Å²) in [4.78, 5) is 0. The van der Waals surface area contributed by atoms with Crippen LogP contribution >= 0.6 is 8.58 Å². The summed E-state index contributed by atoms with van der Waals surface area (Å²) in [5.74, 6) is 1.16. The number of hydrogen-bond acceptors (Lipinski definition) is 0. The van der Waals surface area contributed by atoms with Crippen molar-refractivity contribution in [1.29, 1.82) is 0 Å². The second kappa shape index (κ2) is 3.90. The van der Waals surface area contributed by atoms with Crippen molar-refractivity contribution in [2.24, 2.45) is 5.92 Å². The number of fused-ring (bicyclic) bond motifs is 1. The molecule has 0 aromatic heterocycles. The van der Waals surface area contributed by atoms with Crippen LogP contribution < -0.4 is 0 Å². The largest absolute Gasteiger partial charge is 0.119 e. The zero-order valence-electron chi connectivity index (χ0n) is 7.31. The van der Waals surface area contributed by atoms with Gasteiger partial charge in [0.15, 0.2) is 0 Å². The first-order valence-electron chi connectivity index (χ1n) is 5.20. The lowest BCUT2D eigenvalue weighted by molar-refractivity contribution is 0.395. The van der Waals surface area contributed by atoms with Gasteiger partial charge in [-0.1, -0.05) is 25.7 Å². The Morgan fingerprint density at radius 1 is 0.818 bits per heavy atom. The fourth-order valence-corrected chi connectivity index (χ4v) is 4.61. The molecule has 0 aromatic carbocycles. The van der Waals surface area contributed by atoms with Crippen LogP contribution in [0.3, 0.4) is 0 Å². The maximum absolute atomic E-state index is 1.57. The molecule has 0 bridgehead atoms. The van der Waals surface area contributed by atoms with Crippen LogP contribution in [0.15, 0.2) is 0 Å². The summed E-state index contributed by atoms with van der Waals surface area (Å²) in [5, 5.41) is 0. The average Bonchev–Trinajstić information content (AvgIpc) is 2.35. The molecule has 1 heteroatoms. The van der Waals surface area contributed by atoms with Gasteiger partial charge < -0.3 is 0 Å². The van der Waals surface area contributed by atoms with Gasteiger partial charge in [-0.2, -0.15) is 0 Å². The second-order valence-electron chi connectivity index (χ2n) is 4.10. The first-order chi connectivity index (χ1) is 5.47. The standard InChI is InChI=1S/C10H19P/c1-2-4-6-10-9(5-3-1)7-8-11-10/h9-11H,1-8H2. The van der Waals surface area contributed by atoms with Gasteiger partial charge in [0.05, 0.1) is 0 Å². The number of rotatable bonds is 0. The molecule has 11 heavy (non-hydrogen) atoms. The molecule has 1 aliphatic carbocycles. The third-order valence-electron chi connectivity index (χ3n) is 3.33. The van der Waals surface area contributed by atoms with Gasteiger partial charge in [0, 0.05) is 0 Å². The van der Waals surface area contributed by atoms with E-state index in [0.29, 0.717) is 0 Å². The molecule has 0 N–H and O–H groups in total. The molecule has 3 atom stereocenters. The van der Waals surface area contributed by atoms with Crippen molar-refractivity contribution in [1.82, 2.24) is 0 Å². The van der Waals surface area contributed by atoms with Crippen LogP contribution in [0, 0.1) is 5.92 Å². The summed E-state index contributed by atoms with van der Waals surface area (Å²) < 4.78 is 0. The lowest BCUT2D eigenvalue weighted by Crippen LogP contribution is -2.12. The normalized spacial score (nSPS) is 41.5. The van der Waals surface area contributed by atoms with E-state index < -0.39 is 0 Å². The summed E-state index contributed by atoms with van der Waals surface area (Å²) in [6.45, 7) is 0. The molecule has 0 spiro atoms. The Labute approximate surface area is 71.9 Å². The van der Waals surface area contributed by atoms with E-state index in [1.807, 2.05) is 0 Å². The molecule has 1 saturated heterocycles. The highest BCUT2D eigenvalue weighted by Gasteiger charge is 2.26. The lowest BCUT2D eigenvalue weighted by Gasteiger charge is -2.21. The Hall–Kier alpha value is 0.430. The maximum Gasteiger partial charge on any atom is -0.0208 e. The molecule has 64 valence electrons. The predicted octanol–water partition coefficient (Wildman–Crippen LogP) is 3.41. The molecule has 0 aromatic rings. The van der Waals surface area contributed by atoms with Crippen LogP contribution in [-0.4, -0.2) is 11.8 Å². The van der Waals surface area contributed by atoms with Gasteiger partial charge in [0.25, 0.3) is 0 Å². The SMILES string of the molecule is C1CCCC2PCCC2CC1. The van der Waals surface area contributed by atoms with Crippen LogP contribution in [-0.2, 0) is 0 Å².